The minimum absolute atomic E-state index is 0.425. The maximum Gasteiger partial charge on any atom is 0.0538 e. The number of aryl methyl sites for hydroxylation is 1. The summed E-state index contributed by atoms with van der Waals surface area (Å²) in [6.45, 7) is 5.57. The summed E-state index contributed by atoms with van der Waals surface area (Å²) in [6, 6.07) is 9.27. The van der Waals surface area contributed by atoms with Crippen LogP contribution in [-0.4, -0.2) is 6.54 Å². The van der Waals surface area contributed by atoms with Gasteiger partial charge in [-0.2, -0.15) is 0 Å². The van der Waals surface area contributed by atoms with Gasteiger partial charge in [-0.15, -0.1) is 0 Å². The molecule has 1 nitrogen and oxygen atoms in total. The lowest BCUT2D eigenvalue weighted by atomic mass is 9.89. The Balaban J connectivity index is 2.24. The van der Waals surface area contributed by atoms with Crippen molar-refractivity contribution in [3.05, 3.63) is 47.0 Å². The zero-order chi connectivity index (χ0) is 14.2. The van der Waals surface area contributed by atoms with E-state index in [-0.39, 0.29) is 0 Å². The molecule has 0 spiro atoms. The fourth-order valence-electron chi connectivity index (χ4n) is 3.12. The molecule has 20 heavy (non-hydrogen) atoms. The van der Waals surface area contributed by atoms with Crippen molar-refractivity contribution < 1.29 is 0 Å². The lowest BCUT2D eigenvalue weighted by Gasteiger charge is -2.25. The smallest absolute Gasteiger partial charge is 0.0538 e. The Labute approximate surface area is 124 Å². The van der Waals surface area contributed by atoms with Crippen LogP contribution in [0.4, 0.5) is 0 Å². The summed E-state index contributed by atoms with van der Waals surface area (Å²) in [5, 5.41) is 3.78. The van der Waals surface area contributed by atoms with Gasteiger partial charge in [-0.25, -0.2) is 0 Å². The molecule has 0 fully saturated rings. The SMILES string of the molecule is CCCNC(/C1=C/CCCCCC1)c1ccccc1C. The van der Waals surface area contributed by atoms with Gasteiger partial charge in [0.25, 0.3) is 0 Å². The predicted octanol–water partition coefficient (Wildman–Crippen LogP) is 5.32. The molecule has 1 unspecified atom stereocenters. The van der Waals surface area contributed by atoms with Gasteiger partial charge in [-0.3, -0.25) is 0 Å². The van der Waals surface area contributed by atoms with Gasteiger partial charge in [-0.05, 0) is 56.7 Å². The molecule has 1 heteroatoms. The van der Waals surface area contributed by atoms with Gasteiger partial charge in [0.1, 0.15) is 0 Å². The molecule has 1 aromatic carbocycles. The van der Waals surface area contributed by atoms with E-state index in [1.807, 2.05) is 0 Å². The number of hydrogen-bond acceptors (Lipinski definition) is 1. The number of benzene rings is 1. The Morgan fingerprint density at radius 3 is 2.70 bits per heavy atom. The van der Waals surface area contributed by atoms with Crippen LogP contribution in [0.5, 0.6) is 0 Å². The molecule has 0 saturated heterocycles. The summed E-state index contributed by atoms with van der Waals surface area (Å²) in [5.41, 5.74) is 4.49. The fourth-order valence-corrected chi connectivity index (χ4v) is 3.12. The first-order valence-corrected chi connectivity index (χ1v) is 8.30. The number of allylic oxidation sites excluding steroid dienone is 1. The quantitative estimate of drug-likeness (QED) is 0.715. The van der Waals surface area contributed by atoms with Crippen LogP contribution in [0.3, 0.4) is 0 Å². The Morgan fingerprint density at radius 1 is 1.10 bits per heavy atom. The van der Waals surface area contributed by atoms with Crippen molar-refractivity contribution in [2.24, 2.45) is 0 Å². The third kappa shape index (κ3) is 4.21. The molecule has 1 atom stereocenters. The largest absolute Gasteiger partial charge is 0.307 e. The van der Waals surface area contributed by atoms with Crippen molar-refractivity contribution in [3.63, 3.8) is 0 Å². The van der Waals surface area contributed by atoms with Crippen LogP contribution >= 0.6 is 0 Å². The lowest BCUT2D eigenvalue weighted by Crippen LogP contribution is -2.25. The van der Waals surface area contributed by atoms with E-state index < -0.39 is 0 Å². The number of nitrogens with one attached hydrogen (secondary N) is 1. The molecule has 110 valence electrons. The van der Waals surface area contributed by atoms with Crippen molar-refractivity contribution in [2.45, 2.75) is 64.8 Å². The molecule has 2 rings (SSSR count). The van der Waals surface area contributed by atoms with E-state index >= 15 is 0 Å². The summed E-state index contributed by atoms with van der Waals surface area (Å²) >= 11 is 0. The molecule has 0 bridgehead atoms. The van der Waals surface area contributed by atoms with Crippen LogP contribution in [0.2, 0.25) is 0 Å². The summed E-state index contributed by atoms with van der Waals surface area (Å²) in [6.07, 6.45) is 11.7. The van der Waals surface area contributed by atoms with E-state index in [1.54, 1.807) is 5.57 Å². The molecule has 1 N–H and O–H groups in total. The first-order chi connectivity index (χ1) is 9.83. The molecule has 0 aromatic heterocycles. The molecule has 0 aliphatic heterocycles. The first kappa shape index (κ1) is 15.3. The van der Waals surface area contributed by atoms with Gasteiger partial charge >= 0.3 is 0 Å². The Morgan fingerprint density at radius 2 is 1.90 bits per heavy atom. The average Bonchev–Trinajstić information content (AvgIpc) is 2.42. The van der Waals surface area contributed by atoms with Gasteiger partial charge in [0, 0.05) is 0 Å². The molecule has 0 heterocycles. The lowest BCUT2D eigenvalue weighted by molar-refractivity contribution is 0.539. The standard InChI is InChI=1S/C19H29N/c1-3-15-20-19(18-14-10-9-11-16(18)2)17-12-7-5-4-6-8-13-17/h9-12,14,19-20H,3-8,13,15H2,1-2H3/b17-12+. The maximum absolute atomic E-state index is 3.78. The first-order valence-electron chi connectivity index (χ1n) is 8.30. The highest BCUT2D eigenvalue weighted by atomic mass is 14.9. The minimum atomic E-state index is 0.425. The Hall–Kier alpha value is -1.08. The van der Waals surface area contributed by atoms with E-state index in [0.717, 1.165) is 6.54 Å². The van der Waals surface area contributed by atoms with E-state index in [1.165, 1.54) is 56.1 Å². The highest BCUT2D eigenvalue weighted by Crippen LogP contribution is 2.30. The van der Waals surface area contributed by atoms with Crippen molar-refractivity contribution in [1.29, 1.82) is 0 Å². The fraction of sp³-hybridized carbons (Fsp3) is 0.579. The molecular weight excluding hydrogens is 242 g/mol. The number of hydrogen-bond donors (Lipinski definition) is 1. The van der Waals surface area contributed by atoms with Crippen molar-refractivity contribution >= 4 is 0 Å². The van der Waals surface area contributed by atoms with Gasteiger partial charge in [-0.1, -0.05) is 55.7 Å². The van der Waals surface area contributed by atoms with Gasteiger partial charge < -0.3 is 5.32 Å². The zero-order valence-electron chi connectivity index (χ0n) is 13.1. The second-order valence-corrected chi connectivity index (χ2v) is 5.98. The Kier molecular flexibility index (Phi) is 6.32. The Bertz CT molecular complexity index is 433. The second kappa shape index (κ2) is 8.26. The topological polar surface area (TPSA) is 12.0 Å². The van der Waals surface area contributed by atoms with Crippen molar-refractivity contribution in [2.75, 3.05) is 6.54 Å². The predicted molar refractivity (Wildman–Crippen MR) is 88.0 cm³/mol. The van der Waals surface area contributed by atoms with Crippen LogP contribution < -0.4 is 5.32 Å². The van der Waals surface area contributed by atoms with Gasteiger partial charge in [0.15, 0.2) is 0 Å². The van der Waals surface area contributed by atoms with Crippen molar-refractivity contribution in [3.8, 4) is 0 Å². The molecule has 1 aliphatic carbocycles. The summed E-state index contributed by atoms with van der Waals surface area (Å²) in [5.74, 6) is 0. The monoisotopic (exact) mass is 271 g/mol. The zero-order valence-corrected chi connectivity index (χ0v) is 13.1. The van der Waals surface area contributed by atoms with Crippen LogP contribution in [0.1, 0.15) is 69.0 Å². The van der Waals surface area contributed by atoms with Crippen LogP contribution in [0, 0.1) is 6.92 Å². The molecule has 0 radical (unpaired) electrons. The van der Waals surface area contributed by atoms with Gasteiger partial charge in [0.2, 0.25) is 0 Å². The maximum atomic E-state index is 3.78. The normalized spacial score (nSPS) is 20.6. The molecule has 0 saturated carbocycles. The second-order valence-electron chi connectivity index (χ2n) is 5.98. The third-order valence-corrected chi connectivity index (χ3v) is 4.29. The van der Waals surface area contributed by atoms with Gasteiger partial charge in [0.05, 0.1) is 6.04 Å². The number of rotatable bonds is 5. The molecule has 1 aromatic rings. The van der Waals surface area contributed by atoms with Crippen LogP contribution in [-0.2, 0) is 0 Å². The highest BCUT2D eigenvalue weighted by molar-refractivity contribution is 5.35. The van der Waals surface area contributed by atoms with E-state index in [0.29, 0.717) is 6.04 Å². The summed E-state index contributed by atoms with van der Waals surface area (Å²) < 4.78 is 0. The van der Waals surface area contributed by atoms with E-state index in [2.05, 4.69) is 49.5 Å². The summed E-state index contributed by atoms with van der Waals surface area (Å²) in [4.78, 5) is 0. The van der Waals surface area contributed by atoms with E-state index in [4.69, 9.17) is 0 Å². The van der Waals surface area contributed by atoms with Crippen LogP contribution in [0.15, 0.2) is 35.9 Å². The molecule has 0 amide bonds. The average molecular weight is 271 g/mol. The third-order valence-electron chi connectivity index (χ3n) is 4.29. The van der Waals surface area contributed by atoms with E-state index in [9.17, 15) is 0 Å². The highest BCUT2D eigenvalue weighted by Gasteiger charge is 2.17. The molecular formula is C19H29N. The van der Waals surface area contributed by atoms with Crippen LogP contribution in [0.25, 0.3) is 0 Å². The summed E-state index contributed by atoms with van der Waals surface area (Å²) in [7, 11) is 0. The van der Waals surface area contributed by atoms with Crippen molar-refractivity contribution in [1.82, 2.24) is 5.32 Å². The molecule has 1 aliphatic rings. The minimum Gasteiger partial charge on any atom is -0.307 e.